The number of rotatable bonds is 2. The van der Waals surface area contributed by atoms with E-state index in [0.717, 1.165) is 36.6 Å². The molecule has 0 saturated carbocycles. The molecule has 0 spiro atoms. The van der Waals surface area contributed by atoms with Crippen LogP contribution in [0.3, 0.4) is 0 Å². The Hall–Kier alpha value is -1.74. The van der Waals surface area contributed by atoms with E-state index >= 15 is 0 Å². The zero-order valence-electron chi connectivity index (χ0n) is 10.4. The van der Waals surface area contributed by atoms with Crippen LogP contribution in [0, 0.1) is 11.6 Å². The van der Waals surface area contributed by atoms with E-state index in [1.165, 1.54) is 12.1 Å². The first-order chi connectivity index (χ1) is 9.22. The van der Waals surface area contributed by atoms with E-state index in [2.05, 4.69) is 0 Å². The standard InChI is InChI=1S/C16H14F2O/c17-14-8-13(9-15(18)10-14)11-3-5-12(6-4-11)16-2-1-7-19-16/h3-6,8-10,16H,1-2,7H2. The van der Waals surface area contributed by atoms with E-state index in [9.17, 15) is 8.78 Å². The Bertz CT molecular complexity index is 552. The Labute approximate surface area is 110 Å². The Morgan fingerprint density at radius 2 is 1.58 bits per heavy atom. The Morgan fingerprint density at radius 3 is 2.16 bits per heavy atom. The number of ether oxygens (including phenoxy) is 1. The molecule has 1 saturated heterocycles. The first-order valence-electron chi connectivity index (χ1n) is 6.40. The first kappa shape index (κ1) is 12.3. The summed E-state index contributed by atoms with van der Waals surface area (Å²) >= 11 is 0. The minimum absolute atomic E-state index is 0.165. The van der Waals surface area contributed by atoms with Crippen molar-refractivity contribution in [3.05, 3.63) is 59.7 Å². The summed E-state index contributed by atoms with van der Waals surface area (Å²) in [4.78, 5) is 0. The van der Waals surface area contributed by atoms with Crippen LogP contribution in [0.2, 0.25) is 0 Å². The maximum Gasteiger partial charge on any atom is 0.126 e. The van der Waals surface area contributed by atoms with Gasteiger partial charge in [0.05, 0.1) is 6.10 Å². The van der Waals surface area contributed by atoms with Gasteiger partial charge in [0.15, 0.2) is 0 Å². The third kappa shape index (κ3) is 2.66. The molecule has 1 aliphatic heterocycles. The van der Waals surface area contributed by atoms with Crippen LogP contribution in [0.25, 0.3) is 11.1 Å². The second kappa shape index (κ2) is 5.10. The highest BCUT2D eigenvalue weighted by Crippen LogP contribution is 2.30. The van der Waals surface area contributed by atoms with Crippen LogP contribution in [-0.4, -0.2) is 6.61 Å². The zero-order valence-corrected chi connectivity index (χ0v) is 10.4. The van der Waals surface area contributed by atoms with Gasteiger partial charge in [-0.15, -0.1) is 0 Å². The van der Waals surface area contributed by atoms with Gasteiger partial charge in [0.1, 0.15) is 11.6 Å². The van der Waals surface area contributed by atoms with E-state index < -0.39 is 11.6 Å². The summed E-state index contributed by atoms with van der Waals surface area (Å²) < 4.78 is 32.0. The second-order valence-corrected chi connectivity index (χ2v) is 4.78. The highest BCUT2D eigenvalue weighted by atomic mass is 19.1. The van der Waals surface area contributed by atoms with Crippen molar-refractivity contribution in [3.8, 4) is 11.1 Å². The Kier molecular flexibility index (Phi) is 3.30. The third-order valence-electron chi connectivity index (χ3n) is 3.41. The maximum atomic E-state index is 13.2. The maximum absolute atomic E-state index is 13.2. The first-order valence-corrected chi connectivity index (χ1v) is 6.40. The molecule has 0 aliphatic carbocycles. The van der Waals surface area contributed by atoms with Gasteiger partial charge in [-0.05, 0) is 41.7 Å². The number of hydrogen-bond donors (Lipinski definition) is 0. The summed E-state index contributed by atoms with van der Waals surface area (Å²) in [5.41, 5.74) is 2.48. The van der Waals surface area contributed by atoms with E-state index in [1.807, 2.05) is 24.3 Å². The zero-order chi connectivity index (χ0) is 13.2. The molecule has 1 atom stereocenters. The molecule has 0 aromatic heterocycles. The van der Waals surface area contributed by atoms with Gasteiger partial charge in [-0.1, -0.05) is 24.3 Å². The molecule has 0 radical (unpaired) electrons. The van der Waals surface area contributed by atoms with Crippen molar-refractivity contribution in [1.82, 2.24) is 0 Å². The quantitative estimate of drug-likeness (QED) is 0.773. The molecule has 2 aromatic carbocycles. The van der Waals surface area contributed by atoms with E-state index in [-0.39, 0.29) is 6.10 Å². The smallest absolute Gasteiger partial charge is 0.126 e. The molecule has 98 valence electrons. The predicted molar refractivity (Wildman–Crippen MR) is 69.7 cm³/mol. The molecular formula is C16H14F2O. The average molecular weight is 260 g/mol. The highest BCUT2D eigenvalue weighted by Gasteiger charge is 2.17. The van der Waals surface area contributed by atoms with Gasteiger partial charge in [0, 0.05) is 12.7 Å². The summed E-state index contributed by atoms with van der Waals surface area (Å²) in [6.45, 7) is 0.807. The minimum atomic E-state index is -0.557. The summed E-state index contributed by atoms with van der Waals surface area (Å²) in [7, 11) is 0. The van der Waals surface area contributed by atoms with Gasteiger partial charge in [-0.3, -0.25) is 0 Å². The van der Waals surface area contributed by atoms with E-state index in [0.29, 0.717) is 5.56 Å². The topological polar surface area (TPSA) is 9.23 Å². The van der Waals surface area contributed by atoms with E-state index in [1.54, 1.807) is 0 Å². The SMILES string of the molecule is Fc1cc(F)cc(-c2ccc(C3CCCO3)cc2)c1. The van der Waals surface area contributed by atoms with Crippen molar-refractivity contribution < 1.29 is 13.5 Å². The van der Waals surface area contributed by atoms with Crippen molar-refractivity contribution in [3.63, 3.8) is 0 Å². The lowest BCUT2D eigenvalue weighted by Crippen LogP contribution is -1.95. The van der Waals surface area contributed by atoms with Crippen molar-refractivity contribution in [2.45, 2.75) is 18.9 Å². The van der Waals surface area contributed by atoms with Crippen molar-refractivity contribution >= 4 is 0 Å². The predicted octanol–water partition coefficient (Wildman–Crippen LogP) is 4.48. The van der Waals surface area contributed by atoms with Crippen molar-refractivity contribution in [1.29, 1.82) is 0 Å². The second-order valence-electron chi connectivity index (χ2n) is 4.78. The molecular weight excluding hydrogens is 246 g/mol. The number of benzene rings is 2. The van der Waals surface area contributed by atoms with Crippen LogP contribution < -0.4 is 0 Å². The molecule has 3 rings (SSSR count). The largest absolute Gasteiger partial charge is 0.374 e. The van der Waals surface area contributed by atoms with Gasteiger partial charge >= 0.3 is 0 Å². The van der Waals surface area contributed by atoms with Gasteiger partial charge < -0.3 is 4.74 Å². The average Bonchev–Trinajstić information content (AvgIpc) is 2.91. The molecule has 19 heavy (non-hydrogen) atoms. The molecule has 0 bridgehead atoms. The summed E-state index contributed by atoms with van der Waals surface area (Å²) in [5.74, 6) is -1.11. The summed E-state index contributed by atoms with van der Waals surface area (Å²) in [5, 5.41) is 0. The number of halogens is 2. The van der Waals surface area contributed by atoms with Crippen LogP contribution in [0.4, 0.5) is 8.78 Å². The lowest BCUT2D eigenvalue weighted by Gasteiger charge is -2.10. The van der Waals surface area contributed by atoms with Crippen LogP contribution in [0.1, 0.15) is 24.5 Å². The molecule has 1 heterocycles. The molecule has 1 nitrogen and oxygen atoms in total. The van der Waals surface area contributed by atoms with Crippen LogP contribution in [0.15, 0.2) is 42.5 Å². The van der Waals surface area contributed by atoms with Crippen LogP contribution in [-0.2, 0) is 4.74 Å². The minimum Gasteiger partial charge on any atom is -0.374 e. The van der Waals surface area contributed by atoms with Gasteiger partial charge in [0.25, 0.3) is 0 Å². The molecule has 3 heteroatoms. The normalized spacial score (nSPS) is 18.7. The van der Waals surface area contributed by atoms with Crippen LogP contribution in [0.5, 0.6) is 0 Å². The monoisotopic (exact) mass is 260 g/mol. The summed E-state index contributed by atoms with van der Waals surface area (Å²) in [6.07, 6.45) is 2.29. The molecule has 0 amide bonds. The number of hydrogen-bond acceptors (Lipinski definition) is 1. The molecule has 1 fully saturated rings. The van der Waals surface area contributed by atoms with E-state index in [4.69, 9.17) is 4.74 Å². The lowest BCUT2D eigenvalue weighted by atomic mass is 10.0. The fraction of sp³-hybridized carbons (Fsp3) is 0.250. The summed E-state index contributed by atoms with van der Waals surface area (Å²) in [6, 6.07) is 11.2. The fourth-order valence-electron chi connectivity index (χ4n) is 2.45. The molecule has 0 N–H and O–H groups in total. The molecule has 2 aromatic rings. The third-order valence-corrected chi connectivity index (χ3v) is 3.41. The molecule has 1 aliphatic rings. The van der Waals surface area contributed by atoms with Crippen molar-refractivity contribution in [2.24, 2.45) is 0 Å². The highest BCUT2D eigenvalue weighted by molar-refractivity contribution is 5.63. The van der Waals surface area contributed by atoms with Gasteiger partial charge in [-0.2, -0.15) is 0 Å². The molecule has 1 unspecified atom stereocenters. The van der Waals surface area contributed by atoms with Gasteiger partial charge in [0.2, 0.25) is 0 Å². The van der Waals surface area contributed by atoms with Crippen molar-refractivity contribution in [2.75, 3.05) is 6.61 Å². The Morgan fingerprint density at radius 1 is 0.895 bits per heavy atom. The lowest BCUT2D eigenvalue weighted by molar-refractivity contribution is 0.112. The fourth-order valence-corrected chi connectivity index (χ4v) is 2.45. The van der Waals surface area contributed by atoms with Crippen LogP contribution >= 0.6 is 0 Å². The van der Waals surface area contributed by atoms with Gasteiger partial charge in [-0.25, -0.2) is 8.78 Å². The Balaban J connectivity index is 1.89.